The van der Waals surface area contributed by atoms with Crippen LogP contribution in [0.5, 0.6) is 0 Å². The van der Waals surface area contributed by atoms with Gasteiger partial charge in [-0.25, -0.2) is 0 Å². The van der Waals surface area contributed by atoms with Crippen LogP contribution < -0.4 is 0 Å². The van der Waals surface area contributed by atoms with E-state index in [2.05, 4.69) is 95.1 Å². The quantitative estimate of drug-likeness (QED) is 0.222. The summed E-state index contributed by atoms with van der Waals surface area (Å²) in [6.07, 6.45) is 4.06. The Labute approximate surface area is 207 Å². The topological polar surface area (TPSA) is 12.5 Å². The predicted octanol–water partition coefficient (Wildman–Crippen LogP) is 7.51. The maximum Gasteiger partial charge on any atom is 0.123 e. The Morgan fingerprint density at radius 3 is 2.64 bits per heavy atom. The lowest BCUT2D eigenvalue weighted by molar-refractivity contribution is 0.0742. The fraction of sp³-hybridized carbons (Fsp3) is 0.310. The molecule has 3 aromatic rings. The van der Waals surface area contributed by atoms with Gasteiger partial charge in [-0.1, -0.05) is 61.2 Å². The fourth-order valence-electron chi connectivity index (χ4n) is 3.27. The number of benzene rings is 2. The van der Waals surface area contributed by atoms with Crippen molar-refractivity contribution in [2.75, 3.05) is 20.2 Å². The van der Waals surface area contributed by atoms with E-state index in [1.165, 1.54) is 27.1 Å². The van der Waals surface area contributed by atoms with Crippen molar-refractivity contribution in [1.82, 2.24) is 4.90 Å². The Balaban J connectivity index is 1.55. The molecule has 0 saturated heterocycles. The maximum atomic E-state index is 5.33. The smallest absolute Gasteiger partial charge is 0.123 e. The highest BCUT2D eigenvalue weighted by Gasteiger charge is 2.10. The van der Waals surface area contributed by atoms with Crippen molar-refractivity contribution in [2.45, 2.75) is 43.6 Å². The van der Waals surface area contributed by atoms with Gasteiger partial charge in [0, 0.05) is 30.8 Å². The summed E-state index contributed by atoms with van der Waals surface area (Å²) in [6.45, 7) is 8.95. The Morgan fingerprint density at radius 2 is 1.88 bits per heavy atom. The standard InChI is InChI=1S/C29H33NOS2/c1-5-30(17-8-6-7-16-29(2,3)31-4)21-24-11-9-12-25(19-24)22-33-28-14-10-13-26(20-28)27-15-18-32-23-27/h6,8-15,18-20,23H,5,17,21-22H2,1-4H3. The van der Waals surface area contributed by atoms with E-state index < -0.39 is 5.60 Å². The number of hydrogen-bond acceptors (Lipinski definition) is 4. The van der Waals surface area contributed by atoms with Gasteiger partial charge in [-0.05, 0) is 77.7 Å². The van der Waals surface area contributed by atoms with Crippen LogP contribution in [0.15, 0.2) is 82.4 Å². The van der Waals surface area contributed by atoms with E-state index in [1.807, 2.05) is 31.7 Å². The third-order valence-corrected chi connectivity index (χ3v) is 7.14. The van der Waals surface area contributed by atoms with Crippen molar-refractivity contribution >= 4 is 23.1 Å². The SMILES string of the molecule is CCN(CC=CC#CC(C)(C)OC)Cc1cccc(CSc2cccc(-c3ccsc3)c2)c1. The third kappa shape index (κ3) is 8.53. The Kier molecular flexibility index (Phi) is 9.84. The zero-order valence-electron chi connectivity index (χ0n) is 20.0. The largest absolute Gasteiger partial charge is 0.366 e. The molecule has 1 heterocycles. The number of thioether (sulfide) groups is 1. The highest BCUT2D eigenvalue weighted by Crippen LogP contribution is 2.29. The summed E-state index contributed by atoms with van der Waals surface area (Å²) in [5.74, 6) is 7.18. The first-order valence-electron chi connectivity index (χ1n) is 11.3. The zero-order valence-corrected chi connectivity index (χ0v) is 21.6. The normalized spacial score (nSPS) is 11.7. The molecule has 1 aromatic heterocycles. The summed E-state index contributed by atoms with van der Waals surface area (Å²) in [5, 5.41) is 4.33. The first kappa shape index (κ1) is 25.3. The van der Waals surface area contributed by atoms with Crippen LogP contribution in [0.2, 0.25) is 0 Å². The predicted molar refractivity (Wildman–Crippen MR) is 145 cm³/mol. The van der Waals surface area contributed by atoms with Crippen molar-refractivity contribution in [3.63, 3.8) is 0 Å². The molecule has 0 aliphatic heterocycles. The lowest BCUT2D eigenvalue weighted by Crippen LogP contribution is -2.22. The number of rotatable bonds is 10. The summed E-state index contributed by atoms with van der Waals surface area (Å²) in [6, 6.07) is 20.0. The van der Waals surface area contributed by atoms with Gasteiger partial charge in [-0.15, -0.1) is 11.8 Å². The Hall–Kier alpha value is -2.29. The van der Waals surface area contributed by atoms with Crippen molar-refractivity contribution in [2.24, 2.45) is 0 Å². The molecule has 0 atom stereocenters. The van der Waals surface area contributed by atoms with Gasteiger partial charge in [0.1, 0.15) is 5.60 Å². The summed E-state index contributed by atoms with van der Waals surface area (Å²) in [7, 11) is 1.69. The molecular weight excluding hydrogens is 442 g/mol. The van der Waals surface area contributed by atoms with Gasteiger partial charge in [-0.2, -0.15) is 11.3 Å². The summed E-state index contributed by atoms with van der Waals surface area (Å²) in [5.41, 5.74) is 4.89. The zero-order chi connectivity index (χ0) is 23.5. The molecule has 0 aliphatic rings. The van der Waals surface area contributed by atoms with Gasteiger partial charge >= 0.3 is 0 Å². The number of nitrogens with zero attached hydrogens (tertiary/aromatic N) is 1. The minimum atomic E-state index is -0.404. The summed E-state index contributed by atoms with van der Waals surface area (Å²) < 4.78 is 5.33. The number of thiophene rings is 1. The highest BCUT2D eigenvalue weighted by atomic mass is 32.2. The van der Waals surface area contributed by atoms with Gasteiger partial charge in [0.2, 0.25) is 0 Å². The number of ether oxygens (including phenoxy) is 1. The van der Waals surface area contributed by atoms with Crippen LogP contribution in [0.1, 0.15) is 31.9 Å². The third-order valence-electron chi connectivity index (χ3n) is 5.39. The molecule has 33 heavy (non-hydrogen) atoms. The average Bonchev–Trinajstić information content (AvgIpc) is 3.37. The van der Waals surface area contributed by atoms with Gasteiger partial charge < -0.3 is 4.74 Å². The molecule has 4 heteroatoms. The monoisotopic (exact) mass is 475 g/mol. The van der Waals surface area contributed by atoms with Crippen LogP contribution in [0.25, 0.3) is 11.1 Å². The van der Waals surface area contributed by atoms with E-state index in [-0.39, 0.29) is 0 Å². The second-order valence-electron chi connectivity index (χ2n) is 8.36. The highest BCUT2D eigenvalue weighted by molar-refractivity contribution is 7.98. The van der Waals surface area contributed by atoms with Crippen LogP contribution in [-0.4, -0.2) is 30.7 Å². The number of allylic oxidation sites excluding steroid dienone is 1. The van der Waals surface area contributed by atoms with Crippen molar-refractivity contribution in [3.05, 3.63) is 88.6 Å². The van der Waals surface area contributed by atoms with E-state index in [0.29, 0.717) is 0 Å². The molecule has 172 valence electrons. The van der Waals surface area contributed by atoms with Gasteiger partial charge in [0.25, 0.3) is 0 Å². The molecule has 3 rings (SSSR count). The first-order chi connectivity index (χ1) is 16.0. The van der Waals surface area contributed by atoms with E-state index in [1.54, 1.807) is 18.4 Å². The van der Waals surface area contributed by atoms with E-state index in [0.717, 1.165) is 25.4 Å². The minimum absolute atomic E-state index is 0.404. The molecule has 2 nitrogen and oxygen atoms in total. The molecular formula is C29H33NOS2. The van der Waals surface area contributed by atoms with Crippen molar-refractivity contribution in [3.8, 4) is 23.0 Å². The maximum absolute atomic E-state index is 5.33. The second kappa shape index (κ2) is 12.8. The Bertz CT molecular complexity index is 1090. The molecule has 0 N–H and O–H groups in total. The molecule has 0 aliphatic carbocycles. The lowest BCUT2D eigenvalue weighted by atomic mass is 10.1. The molecule has 0 unspecified atom stereocenters. The van der Waals surface area contributed by atoms with Crippen LogP contribution >= 0.6 is 23.1 Å². The number of likely N-dealkylation sites (N-methyl/N-ethyl adjacent to an activating group) is 1. The van der Waals surface area contributed by atoms with Crippen molar-refractivity contribution < 1.29 is 4.74 Å². The molecule has 0 amide bonds. The van der Waals surface area contributed by atoms with Crippen LogP contribution in [0.3, 0.4) is 0 Å². The summed E-state index contributed by atoms with van der Waals surface area (Å²) in [4.78, 5) is 3.72. The van der Waals surface area contributed by atoms with Gasteiger partial charge in [0.15, 0.2) is 0 Å². The Morgan fingerprint density at radius 1 is 1.06 bits per heavy atom. The van der Waals surface area contributed by atoms with Crippen LogP contribution in [-0.2, 0) is 17.0 Å². The average molecular weight is 476 g/mol. The molecule has 0 bridgehead atoms. The summed E-state index contributed by atoms with van der Waals surface area (Å²) >= 11 is 3.64. The van der Waals surface area contributed by atoms with Gasteiger partial charge in [0.05, 0.1) is 0 Å². The lowest BCUT2D eigenvalue weighted by Gasteiger charge is -2.19. The first-order valence-corrected chi connectivity index (χ1v) is 13.2. The van der Waals surface area contributed by atoms with Crippen molar-refractivity contribution in [1.29, 1.82) is 0 Å². The second-order valence-corrected chi connectivity index (χ2v) is 10.2. The molecule has 2 aromatic carbocycles. The van der Waals surface area contributed by atoms with Crippen LogP contribution in [0, 0.1) is 11.8 Å². The molecule has 0 radical (unpaired) electrons. The van der Waals surface area contributed by atoms with Gasteiger partial charge in [-0.3, -0.25) is 4.90 Å². The minimum Gasteiger partial charge on any atom is -0.366 e. The molecule has 0 fully saturated rings. The van der Waals surface area contributed by atoms with E-state index >= 15 is 0 Å². The molecule has 0 saturated carbocycles. The molecule has 0 spiro atoms. The van der Waals surface area contributed by atoms with E-state index in [9.17, 15) is 0 Å². The number of hydrogen-bond donors (Lipinski definition) is 0. The fourth-order valence-corrected chi connectivity index (χ4v) is 4.83. The van der Waals surface area contributed by atoms with Crippen LogP contribution in [0.4, 0.5) is 0 Å². The van der Waals surface area contributed by atoms with E-state index in [4.69, 9.17) is 4.74 Å². The number of methoxy groups -OCH3 is 1.